The van der Waals surface area contributed by atoms with E-state index >= 15 is 0 Å². The second kappa shape index (κ2) is 3.57. The fraction of sp³-hybridized carbons (Fsp3) is 0.500. The molecular formula is C10H10Cl2N4. The molecule has 0 aliphatic heterocycles. The summed E-state index contributed by atoms with van der Waals surface area (Å²) in [6.45, 7) is 1.92. The summed E-state index contributed by atoms with van der Waals surface area (Å²) in [6.07, 6.45) is 3.54. The van der Waals surface area contributed by atoms with Crippen LogP contribution in [0.2, 0.25) is 10.4 Å². The van der Waals surface area contributed by atoms with Crippen LogP contribution in [0.4, 0.5) is 0 Å². The number of halogens is 2. The molecule has 0 unspecified atom stereocenters. The average molecular weight is 257 g/mol. The molecule has 84 valence electrons. The van der Waals surface area contributed by atoms with Gasteiger partial charge in [-0.25, -0.2) is 9.67 Å². The van der Waals surface area contributed by atoms with Gasteiger partial charge in [-0.2, -0.15) is 10.1 Å². The molecule has 2 aromatic heterocycles. The molecule has 0 aromatic carbocycles. The first kappa shape index (κ1) is 10.3. The topological polar surface area (TPSA) is 43.6 Å². The molecule has 2 aromatic rings. The molecule has 6 heteroatoms. The molecule has 0 radical (unpaired) electrons. The standard InChI is InChI=1S/C10H10Cl2N4/c1-5-7-8(11)13-10(12)14-9(7)16(15-5)6-3-2-4-6/h6H,2-4H2,1H3. The van der Waals surface area contributed by atoms with Gasteiger partial charge >= 0.3 is 0 Å². The largest absolute Gasteiger partial charge is 0.244 e. The Labute approximate surface area is 103 Å². The van der Waals surface area contributed by atoms with E-state index in [9.17, 15) is 0 Å². The number of fused-ring (bicyclic) bond motifs is 1. The zero-order chi connectivity index (χ0) is 11.3. The van der Waals surface area contributed by atoms with Crippen LogP contribution < -0.4 is 0 Å². The molecular weight excluding hydrogens is 247 g/mol. The molecule has 1 aliphatic rings. The number of aryl methyl sites for hydroxylation is 1. The fourth-order valence-electron chi connectivity index (χ4n) is 2.02. The molecule has 0 N–H and O–H groups in total. The van der Waals surface area contributed by atoms with Crippen LogP contribution in [0.25, 0.3) is 11.0 Å². The molecule has 1 aliphatic carbocycles. The maximum absolute atomic E-state index is 6.06. The molecule has 0 amide bonds. The van der Waals surface area contributed by atoms with Crippen LogP contribution >= 0.6 is 23.2 Å². The van der Waals surface area contributed by atoms with Crippen LogP contribution in [0.15, 0.2) is 0 Å². The van der Waals surface area contributed by atoms with Crippen molar-refractivity contribution in [1.29, 1.82) is 0 Å². The number of aromatic nitrogens is 4. The van der Waals surface area contributed by atoms with Gasteiger partial charge in [-0.15, -0.1) is 0 Å². The van der Waals surface area contributed by atoms with E-state index in [0.717, 1.165) is 29.6 Å². The fourth-order valence-corrected chi connectivity index (χ4v) is 2.53. The Balaban J connectivity index is 2.29. The van der Waals surface area contributed by atoms with Gasteiger partial charge in [-0.3, -0.25) is 0 Å². The van der Waals surface area contributed by atoms with Crippen LogP contribution in [0, 0.1) is 6.92 Å². The van der Waals surface area contributed by atoms with Gasteiger partial charge in [-0.05, 0) is 37.8 Å². The lowest BCUT2D eigenvalue weighted by atomic mass is 9.93. The minimum Gasteiger partial charge on any atom is -0.244 e. The van der Waals surface area contributed by atoms with Crippen molar-refractivity contribution in [2.75, 3.05) is 0 Å². The van der Waals surface area contributed by atoms with E-state index in [-0.39, 0.29) is 5.28 Å². The molecule has 2 heterocycles. The molecule has 0 saturated heterocycles. The van der Waals surface area contributed by atoms with E-state index in [4.69, 9.17) is 23.2 Å². The maximum Gasteiger partial charge on any atom is 0.225 e. The second-order valence-electron chi connectivity index (χ2n) is 4.10. The van der Waals surface area contributed by atoms with Gasteiger partial charge in [0.2, 0.25) is 5.28 Å². The highest BCUT2D eigenvalue weighted by Crippen LogP contribution is 2.35. The van der Waals surface area contributed by atoms with Crippen molar-refractivity contribution in [2.24, 2.45) is 0 Å². The Morgan fingerprint density at radius 1 is 1.25 bits per heavy atom. The van der Waals surface area contributed by atoms with E-state index in [0.29, 0.717) is 11.2 Å². The first-order valence-corrected chi connectivity index (χ1v) is 6.00. The quantitative estimate of drug-likeness (QED) is 0.582. The maximum atomic E-state index is 6.06. The van der Waals surface area contributed by atoms with Gasteiger partial charge in [0.05, 0.1) is 17.1 Å². The SMILES string of the molecule is Cc1nn(C2CCC2)c2nc(Cl)nc(Cl)c12. The Bertz CT molecular complexity index is 559. The molecule has 0 atom stereocenters. The van der Waals surface area contributed by atoms with E-state index in [1.807, 2.05) is 11.6 Å². The van der Waals surface area contributed by atoms with Gasteiger partial charge in [0.15, 0.2) is 5.65 Å². The van der Waals surface area contributed by atoms with Crippen molar-refractivity contribution in [3.63, 3.8) is 0 Å². The van der Waals surface area contributed by atoms with Crippen LogP contribution in [0.5, 0.6) is 0 Å². The highest BCUT2D eigenvalue weighted by molar-refractivity contribution is 6.35. The molecule has 16 heavy (non-hydrogen) atoms. The summed E-state index contributed by atoms with van der Waals surface area (Å²) in [4.78, 5) is 8.18. The van der Waals surface area contributed by atoms with Crippen LogP contribution in [0.1, 0.15) is 31.0 Å². The molecule has 1 saturated carbocycles. The molecule has 0 bridgehead atoms. The van der Waals surface area contributed by atoms with Gasteiger partial charge in [0, 0.05) is 0 Å². The third-order valence-electron chi connectivity index (χ3n) is 3.08. The Morgan fingerprint density at radius 3 is 2.62 bits per heavy atom. The van der Waals surface area contributed by atoms with Gasteiger partial charge < -0.3 is 0 Å². The predicted molar refractivity (Wildman–Crippen MR) is 63.0 cm³/mol. The lowest BCUT2D eigenvalue weighted by Crippen LogP contribution is -2.18. The predicted octanol–water partition coefficient (Wildman–Crippen LogP) is 3.17. The summed E-state index contributed by atoms with van der Waals surface area (Å²) in [6, 6.07) is 0.443. The third-order valence-corrected chi connectivity index (χ3v) is 3.52. The zero-order valence-electron chi connectivity index (χ0n) is 8.74. The lowest BCUT2D eigenvalue weighted by Gasteiger charge is -2.25. The summed E-state index contributed by atoms with van der Waals surface area (Å²) in [5.74, 6) is 0. The minimum atomic E-state index is 0.179. The average Bonchev–Trinajstić information content (AvgIpc) is 2.40. The molecule has 1 fully saturated rings. The summed E-state index contributed by atoms with van der Waals surface area (Å²) >= 11 is 11.9. The van der Waals surface area contributed by atoms with Crippen LogP contribution in [-0.2, 0) is 0 Å². The van der Waals surface area contributed by atoms with E-state index in [2.05, 4.69) is 15.1 Å². The monoisotopic (exact) mass is 256 g/mol. The van der Waals surface area contributed by atoms with Crippen molar-refractivity contribution >= 4 is 34.2 Å². The first-order valence-electron chi connectivity index (χ1n) is 5.24. The Hall–Kier alpha value is -0.870. The highest BCUT2D eigenvalue weighted by atomic mass is 35.5. The van der Waals surface area contributed by atoms with Crippen molar-refractivity contribution in [3.05, 3.63) is 16.1 Å². The molecule has 4 nitrogen and oxygen atoms in total. The summed E-state index contributed by atoms with van der Waals surface area (Å²) < 4.78 is 1.94. The summed E-state index contributed by atoms with van der Waals surface area (Å²) in [5, 5.41) is 5.87. The normalized spacial score (nSPS) is 16.7. The lowest BCUT2D eigenvalue weighted by molar-refractivity contribution is 0.295. The van der Waals surface area contributed by atoms with Gasteiger partial charge in [0.25, 0.3) is 0 Å². The van der Waals surface area contributed by atoms with Crippen molar-refractivity contribution in [3.8, 4) is 0 Å². The number of hydrogen-bond donors (Lipinski definition) is 0. The third kappa shape index (κ3) is 1.40. The number of nitrogens with zero attached hydrogens (tertiary/aromatic N) is 4. The summed E-state index contributed by atoms with van der Waals surface area (Å²) in [5.41, 5.74) is 1.62. The van der Waals surface area contributed by atoms with Crippen molar-refractivity contribution < 1.29 is 0 Å². The van der Waals surface area contributed by atoms with Gasteiger partial charge in [0.1, 0.15) is 5.15 Å². The number of rotatable bonds is 1. The Kier molecular flexibility index (Phi) is 2.30. The minimum absolute atomic E-state index is 0.179. The Morgan fingerprint density at radius 2 is 2.00 bits per heavy atom. The van der Waals surface area contributed by atoms with Crippen LogP contribution in [-0.4, -0.2) is 19.7 Å². The van der Waals surface area contributed by atoms with E-state index in [1.165, 1.54) is 6.42 Å². The second-order valence-corrected chi connectivity index (χ2v) is 4.79. The van der Waals surface area contributed by atoms with Crippen molar-refractivity contribution in [1.82, 2.24) is 19.7 Å². The highest BCUT2D eigenvalue weighted by Gasteiger charge is 2.25. The van der Waals surface area contributed by atoms with Crippen molar-refractivity contribution in [2.45, 2.75) is 32.2 Å². The van der Waals surface area contributed by atoms with Crippen LogP contribution in [0.3, 0.4) is 0 Å². The smallest absolute Gasteiger partial charge is 0.225 e. The van der Waals surface area contributed by atoms with E-state index < -0.39 is 0 Å². The molecule has 3 rings (SSSR count). The number of hydrogen-bond acceptors (Lipinski definition) is 3. The molecule has 0 spiro atoms. The summed E-state index contributed by atoms with van der Waals surface area (Å²) in [7, 11) is 0. The van der Waals surface area contributed by atoms with E-state index in [1.54, 1.807) is 0 Å². The zero-order valence-corrected chi connectivity index (χ0v) is 10.3. The van der Waals surface area contributed by atoms with Gasteiger partial charge in [-0.1, -0.05) is 11.6 Å². The first-order chi connectivity index (χ1) is 7.66.